The number of aliphatic hydroxyl groups excluding tert-OH is 2. The fraction of sp³-hybridized carbons (Fsp3) is 0.280. The summed E-state index contributed by atoms with van der Waals surface area (Å²) in [6.45, 7) is 0.819. The average molecular weight is 688 g/mol. The van der Waals surface area contributed by atoms with Crippen molar-refractivity contribution in [3.63, 3.8) is 0 Å². The Morgan fingerprint density at radius 3 is 2.18 bits per heavy atom. The molecule has 0 radical (unpaired) electrons. The standard InChI is InChI=1S/C25H27N2O15P3/c1-15-3-5-16(6-4-15)7-8-17-13-27(25(31)26-23(17)30)24-22(29)21(28)20(40-24)14-39-44(34,35)42-45(36,37)41-43(32,33)19-11-9-18(38-2)10-12-19/h3-6,9-13,20-22,24,28-29H,14H2,1-2H3,(H,32,33)(H,34,35)(H,36,37)(H,26,30,31)/t20-,21?,22?,24-/m1/s1. The molecule has 4 rings (SSSR count). The minimum absolute atomic E-state index is 0.192. The maximum absolute atomic E-state index is 12.5. The molecule has 1 aromatic heterocycles. The summed E-state index contributed by atoms with van der Waals surface area (Å²) in [5.74, 6) is 5.65. The summed E-state index contributed by atoms with van der Waals surface area (Å²) >= 11 is 0. The molecule has 17 nitrogen and oxygen atoms in total. The molecule has 0 saturated carbocycles. The van der Waals surface area contributed by atoms with Gasteiger partial charge in [-0.05, 0) is 43.3 Å². The molecule has 242 valence electrons. The number of aromatic nitrogens is 2. The lowest BCUT2D eigenvalue weighted by Gasteiger charge is -2.20. The van der Waals surface area contributed by atoms with Crippen molar-refractivity contribution in [2.75, 3.05) is 13.7 Å². The molecular formula is C25H27N2O15P3. The predicted molar refractivity (Wildman–Crippen MR) is 155 cm³/mol. The van der Waals surface area contributed by atoms with Gasteiger partial charge in [0.2, 0.25) is 0 Å². The normalized spacial score (nSPS) is 23.6. The van der Waals surface area contributed by atoms with Crippen LogP contribution in [0.15, 0.2) is 64.3 Å². The van der Waals surface area contributed by atoms with Crippen molar-refractivity contribution in [1.29, 1.82) is 0 Å². The van der Waals surface area contributed by atoms with Gasteiger partial charge in [0.25, 0.3) is 5.56 Å². The smallest absolute Gasteiger partial charge is 0.488 e. The van der Waals surface area contributed by atoms with Gasteiger partial charge in [0, 0.05) is 11.8 Å². The van der Waals surface area contributed by atoms with E-state index in [-0.39, 0.29) is 11.3 Å². The summed E-state index contributed by atoms with van der Waals surface area (Å²) in [7, 11) is -15.0. The molecular weight excluding hydrogens is 661 g/mol. The second kappa shape index (κ2) is 13.7. The Morgan fingerprint density at radius 2 is 1.56 bits per heavy atom. The molecule has 0 bridgehead atoms. The molecule has 2 heterocycles. The lowest BCUT2D eigenvalue weighted by Crippen LogP contribution is -2.38. The van der Waals surface area contributed by atoms with Gasteiger partial charge in [-0.25, -0.2) is 18.2 Å². The Bertz CT molecular complexity index is 1860. The fourth-order valence-corrected chi connectivity index (χ4v) is 7.91. The van der Waals surface area contributed by atoms with Gasteiger partial charge >= 0.3 is 28.9 Å². The van der Waals surface area contributed by atoms with Crippen LogP contribution in [0.4, 0.5) is 0 Å². The van der Waals surface area contributed by atoms with Crippen LogP contribution in [0.5, 0.6) is 5.75 Å². The number of nitrogens with zero attached hydrogens (tertiary/aromatic N) is 1. The molecule has 1 aliphatic heterocycles. The monoisotopic (exact) mass is 688 g/mol. The first-order chi connectivity index (χ1) is 21.0. The number of aromatic amines is 1. The number of hydrogen-bond donors (Lipinski definition) is 6. The quantitative estimate of drug-likeness (QED) is 0.126. The van der Waals surface area contributed by atoms with Gasteiger partial charge in [-0.1, -0.05) is 29.5 Å². The first-order valence-corrected chi connectivity index (χ1v) is 17.2. The molecule has 1 aliphatic rings. The number of rotatable bonds is 10. The van der Waals surface area contributed by atoms with Crippen LogP contribution >= 0.6 is 23.2 Å². The molecule has 2 aromatic carbocycles. The van der Waals surface area contributed by atoms with Crippen LogP contribution in [0.1, 0.15) is 22.9 Å². The predicted octanol–water partition coefficient (Wildman–Crippen LogP) is 0.634. The summed E-state index contributed by atoms with van der Waals surface area (Å²) < 4.78 is 61.1. The number of phosphoric acid groups is 2. The number of aryl methyl sites for hydroxylation is 1. The zero-order valence-electron chi connectivity index (χ0n) is 23.3. The van der Waals surface area contributed by atoms with Gasteiger partial charge in [0.15, 0.2) is 6.23 Å². The molecule has 0 amide bonds. The highest BCUT2D eigenvalue weighted by molar-refractivity contribution is 7.71. The second-order valence-electron chi connectivity index (χ2n) is 9.49. The lowest BCUT2D eigenvalue weighted by molar-refractivity contribution is -0.0542. The van der Waals surface area contributed by atoms with E-state index in [2.05, 4.69) is 25.0 Å². The SMILES string of the molecule is COc1ccc(P(=O)(O)OP(=O)(O)OP(=O)(O)OC[C@H]2O[C@@H](n3cc(C#Cc4ccc(C)cc4)c(=O)[nH]c3=O)C(O)C2O)cc1. The van der Waals surface area contributed by atoms with Crippen LogP contribution in [0.3, 0.4) is 0 Å². The van der Waals surface area contributed by atoms with Crippen molar-refractivity contribution < 1.29 is 61.2 Å². The average Bonchev–Trinajstić information content (AvgIpc) is 3.24. The molecule has 1 saturated heterocycles. The van der Waals surface area contributed by atoms with Gasteiger partial charge in [0.05, 0.1) is 19.0 Å². The summed E-state index contributed by atoms with van der Waals surface area (Å²) in [5, 5.41) is 20.5. The number of hydrogen-bond acceptors (Lipinski definition) is 12. The number of nitrogens with one attached hydrogen (secondary N) is 1. The molecule has 0 spiro atoms. The maximum atomic E-state index is 12.5. The van der Waals surface area contributed by atoms with Crippen LogP contribution < -0.4 is 21.3 Å². The zero-order valence-corrected chi connectivity index (χ0v) is 26.0. The van der Waals surface area contributed by atoms with E-state index in [1.54, 1.807) is 24.3 Å². The third kappa shape index (κ3) is 8.75. The Labute approximate surface area is 254 Å². The fourth-order valence-electron chi connectivity index (χ4n) is 3.93. The van der Waals surface area contributed by atoms with E-state index in [1.165, 1.54) is 19.2 Å². The molecule has 7 atom stereocenters. The van der Waals surface area contributed by atoms with Gasteiger partial charge in [-0.2, -0.15) is 4.31 Å². The summed E-state index contributed by atoms with van der Waals surface area (Å²) in [6, 6.07) is 11.6. The van der Waals surface area contributed by atoms with Crippen LogP contribution in [0.25, 0.3) is 0 Å². The minimum atomic E-state index is -5.74. The number of aliphatic hydroxyl groups is 2. The summed E-state index contributed by atoms with van der Waals surface area (Å²) in [6.07, 6.45) is -5.97. The summed E-state index contributed by atoms with van der Waals surface area (Å²) in [5.41, 5.74) is -0.517. The first-order valence-electron chi connectivity index (χ1n) is 12.7. The highest BCUT2D eigenvalue weighted by Crippen LogP contribution is 2.67. The van der Waals surface area contributed by atoms with E-state index < -0.39 is 70.9 Å². The molecule has 20 heteroatoms. The van der Waals surface area contributed by atoms with E-state index in [0.717, 1.165) is 28.5 Å². The highest BCUT2D eigenvalue weighted by Gasteiger charge is 2.47. The van der Waals surface area contributed by atoms with E-state index in [4.69, 9.17) is 9.47 Å². The molecule has 6 N–H and O–H groups in total. The van der Waals surface area contributed by atoms with Gasteiger partial charge < -0.3 is 34.4 Å². The third-order valence-electron chi connectivity index (χ3n) is 6.19. The Kier molecular flexibility index (Phi) is 10.5. The lowest BCUT2D eigenvalue weighted by atomic mass is 10.1. The van der Waals surface area contributed by atoms with E-state index in [1.807, 2.05) is 11.9 Å². The Morgan fingerprint density at radius 1 is 0.911 bits per heavy atom. The van der Waals surface area contributed by atoms with Crippen LogP contribution in [-0.2, 0) is 31.6 Å². The maximum Gasteiger partial charge on any atom is 0.488 e. The molecule has 5 unspecified atom stereocenters. The second-order valence-corrected chi connectivity index (χ2v) is 14.5. The number of benzene rings is 2. The Hall–Kier alpha value is -3.19. The minimum Gasteiger partial charge on any atom is -0.497 e. The van der Waals surface area contributed by atoms with Gasteiger partial charge in [-0.15, -0.1) is 0 Å². The van der Waals surface area contributed by atoms with Crippen molar-refractivity contribution in [3.05, 3.63) is 92.3 Å². The van der Waals surface area contributed by atoms with Crippen molar-refractivity contribution in [3.8, 4) is 17.6 Å². The van der Waals surface area contributed by atoms with Crippen LogP contribution in [0, 0.1) is 18.8 Å². The van der Waals surface area contributed by atoms with E-state index in [9.17, 15) is 48.2 Å². The number of methoxy groups -OCH3 is 1. The largest absolute Gasteiger partial charge is 0.497 e. The molecule has 3 aromatic rings. The summed E-state index contributed by atoms with van der Waals surface area (Å²) in [4.78, 5) is 56.7. The van der Waals surface area contributed by atoms with Crippen molar-refractivity contribution >= 4 is 28.5 Å². The highest BCUT2D eigenvalue weighted by atomic mass is 31.3. The third-order valence-corrected chi connectivity index (χ3v) is 11.0. The van der Waals surface area contributed by atoms with E-state index >= 15 is 0 Å². The Balaban J connectivity index is 1.43. The first kappa shape index (κ1) is 34.7. The van der Waals surface area contributed by atoms with E-state index in [0.29, 0.717) is 5.56 Å². The number of H-pyrrole nitrogens is 1. The molecule has 0 aliphatic carbocycles. The number of phosphoric ester groups is 1. The van der Waals surface area contributed by atoms with Gasteiger partial charge in [0.1, 0.15) is 29.6 Å². The molecule has 45 heavy (non-hydrogen) atoms. The van der Waals surface area contributed by atoms with Crippen molar-refractivity contribution in [1.82, 2.24) is 9.55 Å². The molecule has 1 fully saturated rings. The zero-order chi connectivity index (χ0) is 33.2. The van der Waals surface area contributed by atoms with Gasteiger partial charge in [-0.3, -0.25) is 23.4 Å². The topological polar surface area (TPSA) is 253 Å². The number of ether oxygens (including phenoxy) is 2. The van der Waals surface area contributed by atoms with Crippen LogP contribution in [0.2, 0.25) is 0 Å². The van der Waals surface area contributed by atoms with Crippen molar-refractivity contribution in [2.45, 2.75) is 31.5 Å². The van der Waals surface area contributed by atoms with Crippen molar-refractivity contribution in [2.24, 2.45) is 0 Å². The van der Waals surface area contributed by atoms with Crippen LogP contribution in [-0.4, -0.2) is 66.5 Å².